The Morgan fingerprint density at radius 2 is 0.741 bits per heavy atom. The number of carbonyl (C=O) groups is 2. The van der Waals surface area contributed by atoms with E-state index in [1.807, 2.05) is 79.7 Å². The molecule has 0 aliphatic heterocycles. The largest absolute Gasteiger partial charge is 0.0622 e. The molecule has 81 heavy (non-hydrogen) atoms. The summed E-state index contributed by atoms with van der Waals surface area (Å²) in [6.07, 6.45) is 8.79. The first kappa shape index (κ1) is 72.7. The number of nitrogens with zero attached hydrogens (tertiary/aromatic N) is 2. The van der Waals surface area contributed by atoms with Crippen LogP contribution in [-0.4, -0.2) is 44.8 Å². The van der Waals surface area contributed by atoms with E-state index in [2.05, 4.69) is 218 Å². The number of hydrogen-bond acceptors (Lipinski definition) is 8. The summed E-state index contributed by atoms with van der Waals surface area (Å²) in [7, 11) is 8.74. The van der Waals surface area contributed by atoms with Crippen LogP contribution in [0.25, 0.3) is 0 Å². The number of allylic oxidation sites excluding steroid dienone is 2. The Labute approximate surface area is 506 Å². The van der Waals surface area contributed by atoms with Crippen LogP contribution in [0.3, 0.4) is 0 Å². The molecule has 2 heterocycles. The predicted molar refractivity (Wildman–Crippen MR) is 336 cm³/mol. The first-order valence-electron chi connectivity index (χ1n) is 25.1. The van der Waals surface area contributed by atoms with Gasteiger partial charge in [-0.2, -0.15) is 19.2 Å². The van der Waals surface area contributed by atoms with Crippen molar-refractivity contribution in [1.82, 2.24) is 9.13 Å². The topological polar surface area (TPSA) is 131 Å². The minimum Gasteiger partial charge on any atom is -0.0622 e. The zero-order chi connectivity index (χ0) is 60.6. The second-order valence-electron chi connectivity index (χ2n) is 18.5. The van der Waals surface area contributed by atoms with Crippen molar-refractivity contribution < 1.29 is 54.2 Å². The van der Waals surface area contributed by atoms with E-state index in [4.69, 9.17) is 47.7 Å². The molecular formula is C65H71BrCl2N2O8P2Pd. The predicted octanol–water partition coefficient (Wildman–Crippen LogP) is 15.3. The zero-order valence-corrected chi connectivity index (χ0v) is 53.6. The van der Waals surface area contributed by atoms with Crippen molar-refractivity contribution in [2.45, 2.75) is 86.4 Å². The summed E-state index contributed by atoms with van der Waals surface area (Å²) < 4.78 is 14.4. The van der Waals surface area contributed by atoms with E-state index in [1.165, 1.54) is 41.0 Å². The van der Waals surface area contributed by atoms with Gasteiger partial charge in [0.15, 0.2) is 0 Å². The Balaban J connectivity index is 0.000000506. The molecular weight excluding hydrogens is 1260 g/mol. The van der Waals surface area contributed by atoms with Gasteiger partial charge in [0, 0.05) is 28.3 Å². The summed E-state index contributed by atoms with van der Waals surface area (Å²) in [6.45, 7) is 24.1. The van der Waals surface area contributed by atoms with Crippen LogP contribution in [0.5, 0.6) is 0 Å². The van der Waals surface area contributed by atoms with E-state index in [0.29, 0.717) is 0 Å². The van der Waals surface area contributed by atoms with E-state index >= 15 is 0 Å². The van der Waals surface area contributed by atoms with Crippen LogP contribution in [0.1, 0.15) is 71.8 Å². The molecule has 0 aliphatic carbocycles. The third kappa shape index (κ3) is 29.3. The molecule has 0 fully saturated rings. The second kappa shape index (κ2) is 41.6. The summed E-state index contributed by atoms with van der Waals surface area (Å²) in [5.41, 5.74) is 1.93. The Kier molecular flexibility index (Phi) is 37.3. The van der Waals surface area contributed by atoms with Crippen molar-refractivity contribution >= 4 is 107 Å². The molecule has 8 aromatic rings. The fourth-order valence-corrected chi connectivity index (χ4v) is 11.7. The first-order valence-corrected chi connectivity index (χ1v) is 32.6. The first-order chi connectivity index (χ1) is 38.7. The third-order valence-corrected chi connectivity index (χ3v) is 16.0. The maximum atomic E-state index is 11.8. The Morgan fingerprint density at radius 3 is 0.938 bits per heavy atom. The van der Waals surface area contributed by atoms with Crippen molar-refractivity contribution in [3.05, 3.63) is 253 Å². The van der Waals surface area contributed by atoms with Crippen molar-refractivity contribution in [2.24, 2.45) is 0 Å². The van der Waals surface area contributed by atoms with Crippen molar-refractivity contribution in [1.29, 1.82) is 0 Å². The van der Waals surface area contributed by atoms with Crippen molar-refractivity contribution in [2.75, 3.05) is 0 Å². The molecule has 0 radical (unpaired) electrons. The number of hydrogen-bond donors (Lipinski definition) is 0. The average Bonchev–Trinajstić information content (AvgIpc) is 4.04. The number of halogens is 3. The van der Waals surface area contributed by atoms with Crippen LogP contribution in [0.2, 0.25) is 0 Å². The quantitative estimate of drug-likeness (QED) is 0.0793. The number of aromatic nitrogens is 2. The van der Waals surface area contributed by atoms with Crippen LogP contribution in [0, 0.1) is 13.8 Å². The van der Waals surface area contributed by atoms with Gasteiger partial charge in [-0.3, -0.25) is 9.13 Å². The summed E-state index contributed by atoms with van der Waals surface area (Å²) >= 11 is 3.23. The van der Waals surface area contributed by atoms with Crippen molar-refractivity contribution in [3.8, 4) is 0 Å². The van der Waals surface area contributed by atoms with Crippen LogP contribution in [0.4, 0.5) is 9.59 Å². The standard InChI is InChI=1S/2C18H15P.C13H19NO2.C10H14BrNO2.C4H8.2CO2.2ClH.Pd/c2*1-4-10-16(11-5-1)19(17-12-6-2-7-13-17)18-14-8-3-9-15-18;1-6-7-11-8-9-14(10(11)2)12(15)16-13(3,4)5;1-7-8(11)5-6-12(7)9(13)14-10(2,3)4;1-3-4-2;2*2-1-3;;;/h2*1-15H;6,8-9H,1,7H2,2-5H3;5-6H,1-4H3;3H,1,4H2,2H3;;;2*1H;/q;;;;;;;;;+2/p-2. The molecule has 6 aromatic carbocycles. The SMILES string of the molecule is C=CCC.C=CCc1ccn(C(=O)OC(C)(C)C)c1C.Cc1c(Br)ccn1C(=O)OC(C)(C)C.O=C=O.O=C=O.[Cl][Pd][Cl].c1ccc(P(c2ccccc2)c2ccccc2)cc1.c1ccc(P(c2ccccc2)c2ccccc2)cc1. The van der Waals surface area contributed by atoms with E-state index in [0.717, 1.165) is 34.3 Å². The molecule has 0 atom stereocenters. The molecule has 0 bridgehead atoms. The molecule has 0 saturated heterocycles. The van der Waals surface area contributed by atoms with Gasteiger partial charge in [0.05, 0.1) is 0 Å². The third-order valence-electron chi connectivity index (χ3n) is 10.2. The van der Waals surface area contributed by atoms with Gasteiger partial charge in [0.1, 0.15) is 11.2 Å². The Morgan fingerprint density at radius 1 is 0.506 bits per heavy atom. The fraction of sp³-hybridized carbons (Fsp3) is 0.200. The van der Waals surface area contributed by atoms with Gasteiger partial charge in [0.25, 0.3) is 0 Å². The zero-order valence-electron chi connectivity index (χ0n) is 47.1. The smallest absolute Gasteiger partial charge is 0.0134 e. The van der Waals surface area contributed by atoms with E-state index in [9.17, 15) is 9.59 Å². The molecule has 2 aromatic heterocycles. The summed E-state index contributed by atoms with van der Waals surface area (Å²) in [4.78, 5) is 55.9. The summed E-state index contributed by atoms with van der Waals surface area (Å²) in [5.74, 6) is 0. The monoisotopic (exact) mass is 1320 g/mol. The molecule has 0 aliphatic rings. The summed E-state index contributed by atoms with van der Waals surface area (Å²) in [5, 5.41) is 8.39. The molecule has 0 unspecified atom stereocenters. The van der Waals surface area contributed by atoms with Gasteiger partial charge in [-0.25, -0.2) is 9.59 Å². The van der Waals surface area contributed by atoms with E-state index in [1.54, 1.807) is 12.4 Å². The van der Waals surface area contributed by atoms with Crippen molar-refractivity contribution in [3.63, 3.8) is 0 Å². The van der Waals surface area contributed by atoms with Gasteiger partial charge in [0.2, 0.25) is 0 Å². The molecule has 10 nitrogen and oxygen atoms in total. The van der Waals surface area contributed by atoms with Gasteiger partial charge >= 0.3 is 59.5 Å². The van der Waals surface area contributed by atoms with Crippen LogP contribution in [0.15, 0.2) is 236 Å². The van der Waals surface area contributed by atoms with E-state index < -0.39 is 27.0 Å². The molecule has 0 N–H and O–H groups in total. The Hall–Kier alpha value is -6.36. The Bertz CT molecular complexity index is 2750. The number of ether oxygens (including phenoxy) is 2. The van der Waals surface area contributed by atoms with Gasteiger partial charge in [-0.15, -0.1) is 13.2 Å². The van der Waals surface area contributed by atoms with Gasteiger partial charge in [-0.05, 0) is 150 Å². The van der Waals surface area contributed by atoms with Crippen LogP contribution in [-0.2, 0) is 51.0 Å². The molecule has 16 heteroatoms. The minimum absolute atomic E-state index is 0.106. The van der Waals surface area contributed by atoms with Crippen LogP contribution < -0.4 is 31.8 Å². The number of benzene rings is 6. The minimum atomic E-state index is -0.466. The van der Waals surface area contributed by atoms with Gasteiger partial charge in [-0.1, -0.05) is 201 Å². The average molecular weight is 1330 g/mol. The molecule has 430 valence electrons. The van der Waals surface area contributed by atoms with E-state index in [-0.39, 0.29) is 40.4 Å². The summed E-state index contributed by atoms with van der Waals surface area (Å²) in [6, 6.07) is 68.4. The number of carbonyl (C=O) groups excluding carboxylic acids is 6. The normalized spacial score (nSPS) is 9.95. The van der Waals surface area contributed by atoms with Gasteiger partial charge < -0.3 is 9.47 Å². The maximum Gasteiger partial charge on any atom is -0.0134 e. The maximum absolute atomic E-state index is 11.8. The molecule has 0 spiro atoms. The molecule has 8 rings (SSSR count). The molecule has 0 amide bonds. The number of rotatable bonds is 9. The fourth-order valence-electron chi connectivity index (χ4n) is 6.78. The van der Waals surface area contributed by atoms with Crippen LogP contribution >= 0.6 is 50.8 Å². The second-order valence-corrected chi connectivity index (χ2v) is 26.1. The molecule has 0 saturated carbocycles.